The summed E-state index contributed by atoms with van der Waals surface area (Å²) in [6, 6.07) is 17.6. The Morgan fingerprint density at radius 1 is 0.914 bits per heavy atom. The van der Waals surface area contributed by atoms with Gasteiger partial charge in [-0.2, -0.15) is 5.10 Å². The van der Waals surface area contributed by atoms with Crippen LogP contribution in [-0.2, 0) is 4.79 Å². The second-order valence-electron chi connectivity index (χ2n) is 7.01. The SMILES string of the molecule is COc1ccc(C(=O)NCC(=O)N/N=C\c2ccc(OC(=O)c3cccc(Cl)c3)cc2)cc1OC. The van der Waals surface area contributed by atoms with E-state index in [2.05, 4.69) is 15.8 Å². The largest absolute Gasteiger partial charge is 0.493 e. The summed E-state index contributed by atoms with van der Waals surface area (Å²) in [4.78, 5) is 36.4. The van der Waals surface area contributed by atoms with Gasteiger partial charge in [-0.25, -0.2) is 10.2 Å². The Morgan fingerprint density at radius 3 is 2.34 bits per heavy atom. The lowest BCUT2D eigenvalue weighted by atomic mass is 10.2. The number of amides is 2. The van der Waals surface area contributed by atoms with Crippen molar-refractivity contribution < 1.29 is 28.6 Å². The predicted molar refractivity (Wildman–Crippen MR) is 130 cm³/mol. The molecule has 0 aromatic heterocycles. The van der Waals surface area contributed by atoms with Crippen LogP contribution in [-0.4, -0.2) is 44.8 Å². The van der Waals surface area contributed by atoms with Gasteiger partial charge in [0.25, 0.3) is 11.8 Å². The lowest BCUT2D eigenvalue weighted by Gasteiger charge is -2.09. The van der Waals surface area contributed by atoms with Gasteiger partial charge in [0.05, 0.1) is 32.5 Å². The first-order valence-electron chi connectivity index (χ1n) is 10.3. The molecule has 35 heavy (non-hydrogen) atoms. The summed E-state index contributed by atoms with van der Waals surface area (Å²) in [6.07, 6.45) is 1.41. The Kier molecular flexibility index (Phi) is 8.80. The maximum Gasteiger partial charge on any atom is 0.343 e. The highest BCUT2D eigenvalue weighted by molar-refractivity contribution is 6.30. The van der Waals surface area contributed by atoms with E-state index < -0.39 is 17.8 Å². The molecule has 0 atom stereocenters. The standard InChI is InChI=1S/C25H22ClN3O6/c1-33-21-11-8-17(13-22(21)34-2)24(31)27-15-23(30)29-28-14-16-6-9-20(10-7-16)35-25(32)18-4-3-5-19(26)12-18/h3-14H,15H2,1-2H3,(H,27,31)(H,29,30)/b28-14-. The number of hydrogen-bond acceptors (Lipinski definition) is 7. The molecule has 180 valence electrons. The fourth-order valence-electron chi connectivity index (χ4n) is 2.86. The van der Waals surface area contributed by atoms with Crippen LogP contribution in [0.2, 0.25) is 5.02 Å². The molecule has 10 heteroatoms. The highest BCUT2D eigenvalue weighted by atomic mass is 35.5. The van der Waals surface area contributed by atoms with Crippen LogP contribution in [0.5, 0.6) is 17.2 Å². The van der Waals surface area contributed by atoms with E-state index in [1.807, 2.05) is 0 Å². The fourth-order valence-corrected chi connectivity index (χ4v) is 3.05. The molecule has 3 aromatic carbocycles. The van der Waals surface area contributed by atoms with E-state index in [1.165, 1.54) is 32.6 Å². The van der Waals surface area contributed by atoms with Crippen LogP contribution in [0.3, 0.4) is 0 Å². The summed E-state index contributed by atoms with van der Waals surface area (Å²) in [5.74, 6) is -0.261. The summed E-state index contributed by atoms with van der Waals surface area (Å²) in [6.45, 7) is -0.275. The van der Waals surface area contributed by atoms with Crippen molar-refractivity contribution in [3.05, 3.63) is 88.4 Å². The number of esters is 1. The number of nitrogens with one attached hydrogen (secondary N) is 2. The maximum absolute atomic E-state index is 12.3. The summed E-state index contributed by atoms with van der Waals surface area (Å²) < 4.78 is 15.6. The first-order valence-corrected chi connectivity index (χ1v) is 10.7. The van der Waals surface area contributed by atoms with Gasteiger partial charge in [0, 0.05) is 10.6 Å². The van der Waals surface area contributed by atoms with Gasteiger partial charge in [-0.3, -0.25) is 9.59 Å². The Morgan fingerprint density at radius 2 is 1.66 bits per heavy atom. The molecule has 0 aliphatic heterocycles. The second kappa shape index (κ2) is 12.2. The zero-order valence-corrected chi connectivity index (χ0v) is 19.7. The van der Waals surface area contributed by atoms with Crippen molar-refractivity contribution in [1.82, 2.24) is 10.7 Å². The monoisotopic (exact) mass is 495 g/mol. The second-order valence-corrected chi connectivity index (χ2v) is 7.45. The summed E-state index contributed by atoms with van der Waals surface area (Å²) >= 11 is 5.89. The van der Waals surface area contributed by atoms with Gasteiger partial charge >= 0.3 is 5.97 Å². The number of benzene rings is 3. The van der Waals surface area contributed by atoms with Gasteiger partial charge in [0.2, 0.25) is 0 Å². The third-order valence-corrected chi connectivity index (χ3v) is 4.84. The van der Waals surface area contributed by atoms with E-state index in [9.17, 15) is 14.4 Å². The van der Waals surface area contributed by atoms with Gasteiger partial charge < -0.3 is 19.5 Å². The first-order chi connectivity index (χ1) is 16.9. The third-order valence-electron chi connectivity index (χ3n) is 4.61. The van der Waals surface area contributed by atoms with Crippen LogP contribution >= 0.6 is 11.6 Å². The van der Waals surface area contributed by atoms with Gasteiger partial charge in [0.1, 0.15) is 5.75 Å². The molecule has 2 amide bonds. The van der Waals surface area contributed by atoms with E-state index >= 15 is 0 Å². The predicted octanol–water partition coefficient (Wildman–Crippen LogP) is 3.46. The molecule has 0 bridgehead atoms. The average molecular weight is 496 g/mol. The lowest BCUT2D eigenvalue weighted by molar-refractivity contribution is -0.120. The van der Waals surface area contributed by atoms with Crippen molar-refractivity contribution >= 4 is 35.6 Å². The number of hydrazone groups is 1. The number of carbonyl (C=O) groups excluding carboxylic acids is 3. The molecule has 0 aliphatic carbocycles. The quantitative estimate of drug-likeness (QED) is 0.203. The molecule has 0 radical (unpaired) electrons. The van der Waals surface area contributed by atoms with E-state index in [0.29, 0.717) is 39.0 Å². The third kappa shape index (κ3) is 7.31. The molecule has 0 aliphatic rings. The summed E-state index contributed by atoms with van der Waals surface area (Å²) in [7, 11) is 2.96. The van der Waals surface area contributed by atoms with E-state index in [0.717, 1.165) is 0 Å². The molecular weight excluding hydrogens is 474 g/mol. The molecule has 3 aromatic rings. The summed E-state index contributed by atoms with van der Waals surface area (Å²) in [5, 5.41) is 6.79. The maximum atomic E-state index is 12.3. The lowest BCUT2D eigenvalue weighted by Crippen LogP contribution is -2.34. The van der Waals surface area contributed by atoms with Gasteiger partial charge in [0.15, 0.2) is 11.5 Å². The van der Waals surface area contributed by atoms with Crippen molar-refractivity contribution in [3.8, 4) is 17.2 Å². The Bertz CT molecular complexity index is 1240. The van der Waals surface area contributed by atoms with Crippen LogP contribution in [0.25, 0.3) is 0 Å². The zero-order chi connectivity index (χ0) is 25.2. The van der Waals surface area contributed by atoms with E-state index in [-0.39, 0.29) is 6.54 Å². The number of rotatable bonds is 9. The normalized spacial score (nSPS) is 10.5. The number of halogens is 1. The van der Waals surface area contributed by atoms with Gasteiger partial charge in [-0.1, -0.05) is 17.7 Å². The highest BCUT2D eigenvalue weighted by Crippen LogP contribution is 2.27. The Labute approximate surface area is 206 Å². The average Bonchev–Trinajstić information content (AvgIpc) is 2.87. The summed E-state index contributed by atoms with van der Waals surface area (Å²) in [5.41, 5.74) is 3.63. The highest BCUT2D eigenvalue weighted by Gasteiger charge is 2.12. The number of carbonyl (C=O) groups is 3. The topological polar surface area (TPSA) is 115 Å². The van der Waals surface area contributed by atoms with Crippen LogP contribution in [0.15, 0.2) is 71.8 Å². The van der Waals surface area contributed by atoms with Gasteiger partial charge in [-0.15, -0.1) is 0 Å². The molecular formula is C25H22ClN3O6. The van der Waals surface area contributed by atoms with Gasteiger partial charge in [-0.05, 0) is 66.2 Å². The molecule has 3 rings (SSSR count). The molecule has 0 heterocycles. The minimum Gasteiger partial charge on any atom is -0.493 e. The van der Waals surface area contributed by atoms with E-state index in [4.69, 9.17) is 25.8 Å². The Balaban J connectivity index is 1.46. The fraction of sp³-hybridized carbons (Fsp3) is 0.120. The molecule has 9 nitrogen and oxygen atoms in total. The van der Waals surface area contributed by atoms with Crippen LogP contribution in [0.4, 0.5) is 0 Å². The number of nitrogens with zero attached hydrogens (tertiary/aromatic N) is 1. The van der Waals surface area contributed by atoms with E-state index in [1.54, 1.807) is 54.6 Å². The molecule has 0 spiro atoms. The van der Waals surface area contributed by atoms with Crippen molar-refractivity contribution in [3.63, 3.8) is 0 Å². The number of hydrogen-bond donors (Lipinski definition) is 2. The van der Waals surface area contributed by atoms with Crippen LogP contribution in [0, 0.1) is 0 Å². The van der Waals surface area contributed by atoms with Crippen molar-refractivity contribution in [2.45, 2.75) is 0 Å². The minimum absolute atomic E-state index is 0.275. The number of methoxy groups -OCH3 is 2. The molecule has 0 unspecified atom stereocenters. The van der Waals surface area contributed by atoms with Crippen LogP contribution < -0.4 is 25.0 Å². The Hall–Kier alpha value is -4.37. The molecule has 2 N–H and O–H groups in total. The first kappa shape index (κ1) is 25.3. The number of ether oxygens (including phenoxy) is 3. The minimum atomic E-state index is -0.531. The van der Waals surface area contributed by atoms with Crippen molar-refractivity contribution in [1.29, 1.82) is 0 Å². The molecule has 0 saturated carbocycles. The molecule has 0 saturated heterocycles. The smallest absolute Gasteiger partial charge is 0.343 e. The van der Waals surface area contributed by atoms with Crippen LogP contribution in [0.1, 0.15) is 26.3 Å². The zero-order valence-electron chi connectivity index (χ0n) is 18.9. The van der Waals surface area contributed by atoms with Crippen molar-refractivity contribution in [2.75, 3.05) is 20.8 Å². The van der Waals surface area contributed by atoms with Crippen molar-refractivity contribution in [2.24, 2.45) is 5.10 Å². The molecule has 0 fully saturated rings.